The largest absolute Gasteiger partial charge is 0.462 e. The Balaban J connectivity index is 4.52. The second-order valence-electron chi connectivity index (χ2n) is 17.0. The molecule has 0 aliphatic rings. The van der Waals surface area contributed by atoms with Gasteiger partial charge in [0.1, 0.15) is 13.2 Å². The Morgan fingerprint density at radius 1 is 0.328 bits per heavy atom. The van der Waals surface area contributed by atoms with Crippen molar-refractivity contribution in [2.45, 2.75) is 239 Å². The molecule has 1 atom stereocenters. The lowest BCUT2D eigenvalue weighted by atomic mass is 10.1. The van der Waals surface area contributed by atoms with Crippen LogP contribution in [0.15, 0.2) is 97.2 Å². The van der Waals surface area contributed by atoms with E-state index in [0.717, 1.165) is 96.3 Å². The van der Waals surface area contributed by atoms with Gasteiger partial charge in [-0.3, -0.25) is 14.4 Å². The van der Waals surface area contributed by atoms with Gasteiger partial charge in [0.2, 0.25) is 0 Å². The maximum absolute atomic E-state index is 12.8. The minimum atomic E-state index is -0.811. The Morgan fingerprint density at radius 3 is 1.06 bits per heavy atom. The molecule has 0 spiro atoms. The zero-order valence-electron chi connectivity index (χ0n) is 41.5. The summed E-state index contributed by atoms with van der Waals surface area (Å²) in [7, 11) is 0. The molecule has 0 saturated carbocycles. The molecule has 0 saturated heterocycles. The summed E-state index contributed by atoms with van der Waals surface area (Å²) in [6.07, 6.45) is 68.2. The molecule has 0 amide bonds. The lowest BCUT2D eigenvalue weighted by molar-refractivity contribution is -0.167. The minimum absolute atomic E-state index is 0.109. The number of esters is 3. The monoisotopic (exact) mass is 889 g/mol. The third-order valence-corrected chi connectivity index (χ3v) is 10.8. The fraction of sp³-hybridized carbons (Fsp3) is 0.672. The molecule has 0 aliphatic heterocycles. The Labute approximate surface area is 394 Å². The van der Waals surface area contributed by atoms with Gasteiger partial charge in [-0.2, -0.15) is 0 Å². The normalized spacial score (nSPS) is 12.9. The number of rotatable bonds is 46. The SMILES string of the molecule is CC/C=C\C/C=C\C/C=C\CCCCCCC(=O)OCC(COC(=O)CCC/C=C\C/C=C\C/C=C\C/C=C\CCCCC)OC(=O)CCCCCCCCC/C=C\CCCCCC. The van der Waals surface area contributed by atoms with Crippen molar-refractivity contribution in [2.24, 2.45) is 0 Å². The van der Waals surface area contributed by atoms with Crippen LogP contribution in [0.3, 0.4) is 0 Å². The Morgan fingerprint density at radius 2 is 0.625 bits per heavy atom. The van der Waals surface area contributed by atoms with Crippen LogP contribution in [0.1, 0.15) is 233 Å². The molecule has 1 unspecified atom stereocenters. The van der Waals surface area contributed by atoms with Crippen molar-refractivity contribution in [3.8, 4) is 0 Å². The van der Waals surface area contributed by atoms with Crippen LogP contribution in [0.5, 0.6) is 0 Å². The third-order valence-electron chi connectivity index (χ3n) is 10.8. The average molecular weight is 889 g/mol. The molecule has 0 N–H and O–H groups in total. The topological polar surface area (TPSA) is 78.9 Å². The molecule has 0 aliphatic carbocycles. The highest BCUT2D eigenvalue weighted by Gasteiger charge is 2.19. The Kier molecular flexibility index (Phi) is 49.0. The summed E-state index contributed by atoms with van der Waals surface area (Å²) in [5.74, 6) is -0.994. The first-order valence-electron chi connectivity index (χ1n) is 26.2. The summed E-state index contributed by atoms with van der Waals surface area (Å²) in [6.45, 7) is 6.41. The Bertz CT molecular complexity index is 1300. The van der Waals surface area contributed by atoms with Crippen molar-refractivity contribution in [3.05, 3.63) is 97.2 Å². The molecule has 364 valence electrons. The van der Waals surface area contributed by atoms with Gasteiger partial charge in [0, 0.05) is 19.3 Å². The molecule has 0 rings (SSSR count). The predicted molar refractivity (Wildman–Crippen MR) is 274 cm³/mol. The molecule has 0 aromatic rings. The van der Waals surface area contributed by atoms with Gasteiger partial charge in [-0.05, 0) is 116 Å². The van der Waals surface area contributed by atoms with E-state index in [1.54, 1.807) is 0 Å². The van der Waals surface area contributed by atoms with E-state index < -0.39 is 6.10 Å². The van der Waals surface area contributed by atoms with E-state index in [4.69, 9.17) is 14.2 Å². The maximum Gasteiger partial charge on any atom is 0.306 e. The molecular weight excluding hydrogens is 793 g/mol. The van der Waals surface area contributed by atoms with Crippen molar-refractivity contribution in [2.75, 3.05) is 13.2 Å². The fourth-order valence-electron chi connectivity index (χ4n) is 6.85. The van der Waals surface area contributed by atoms with Crippen molar-refractivity contribution in [1.82, 2.24) is 0 Å². The standard InChI is InChI=1S/C58H96O6/c1-4-7-10-13-16-19-22-25-28-29-31-33-36-39-42-45-48-51-57(60)63-54-55(53-62-56(59)50-47-44-41-38-35-32-27-24-21-18-15-12-9-6-3)64-58(61)52-49-46-43-40-37-34-30-26-23-20-17-14-11-8-5-2/h9,12,16,18-21,23,25,27-28,31-33,39,42,55H,4-8,10-11,13-15,17,22,24,26,29-30,34-38,40-41,43-54H2,1-3H3/b12-9-,19-16-,21-18-,23-20-,28-25-,32-27-,33-31-,42-39-. The van der Waals surface area contributed by atoms with Crippen LogP contribution in [-0.2, 0) is 28.6 Å². The third kappa shape index (κ3) is 49.3. The highest BCUT2D eigenvalue weighted by molar-refractivity contribution is 5.71. The molecular formula is C58H96O6. The summed E-state index contributed by atoms with van der Waals surface area (Å²) in [6, 6.07) is 0. The second-order valence-corrected chi connectivity index (χ2v) is 17.0. The minimum Gasteiger partial charge on any atom is -0.462 e. The van der Waals surface area contributed by atoms with Crippen LogP contribution in [0.4, 0.5) is 0 Å². The molecule has 0 heterocycles. The van der Waals surface area contributed by atoms with Crippen molar-refractivity contribution < 1.29 is 28.6 Å². The van der Waals surface area contributed by atoms with Crippen molar-refractivity contribution in [3.63, 3.8) is 0 Å². The van der Waals surface area contributed by atoms with Gasteiger partial charge in [-0.15, -0.1) is 0 Å². The first-order valence-corrected chi connectivity index (χ1v) is 26.2. The van der Waals surface area contributed by atoms with Gasteiger partial charge >= 0.3 is 17.9 Å². The first-order chi connectivity index (χ1) is 31.5. The van der Waals surface area contributed by atoms with Crippen molar-refractivity contribution >= 4 is 17.9 Å². The number of allylic oxidation sites excluding steroid dienone is 16. The van der Waals surface area contributed by atoms with Crippen LogP contribution < -0.4 is 0 Å². The van der Waals surface area contributed by atoms with E-state index in [2.05, 4.69) is 118 Å². The van der Waals surface area contributed by atoms with Crippen LogP contribution >= 0.6 is 0 Å². The molecule has 0 aromatic heterocycles. The summed E-state index contributed by atoms with van der Waals surface area (Å²) >= 11 is 0. The molecule has 0 fully saturated rings. The number of carbonyl (C=O) groups is 3. The quantitative estimate of drug-likeness (QED) is 0.0262. The van der Waals surface area contributed by atoms with E-state index in [-0.39, 0.29) is 37.5 Å². The molecule has 6 nitrogen and oxygen atoms in total. The lowest BCUT2D eigenvalue weighted by Gasteiger charge is -2.18. The molecule has 0 radical (unpaired) electrons. The first kappa shape index (κ1) is 60.3. The van der Waals surface area contributed by atoms with Gasteiger partial charge in [-0.25, -0.2) is 0 Å². The number of hydrogen-bond donors (Lipinski definition) is 0. The van der Waals surface area contributed by atoms with Crippen LogP contribution in [0.2, 0.25) is 0 Å². The van der Waals surface area contributed by atoms with E-state index >= 15 is 0 Å². The van der Waals surface area contributed by atoms with Crippen molar-refractivity contribution in [1.29, 1.82) is 0 Å². The maximum atomic E-state index is 12.8. The summed E-state index contributed by atoms with van der Waals surface area (Å²) < 4.78 is 16.7. The molecule has 0 bridgehead atoms. The van der Waals surface area contributed by atoms with Gasteiger partial charge in [0.25, 0.3) is 0 Å². The number of carbonyl (C=O) groups excluding carboxylic acids is 3. The summed E-state index contributed by atoms with van der Waals surface area (Å²) in [5.41, 5.74) is 0. The van der Waals surface area contributed by atoms with Crippen LogP contribution in [-0.4, -0.2) is 37.2 Å². The van der Waals surface area contributed by atoms with Crippen LogP contribution in [0.25, 0.3) is 0 Å². The van der Waals surface area contributed by atoms with E-state index in [0.29, 0.717) is 19.3 Å². The van der Waals surface area contributed by atoms with Gasteiger partial charge in [0.15, 0.2) is 6.10 Å². The fourth-order valence-corrected chi connectivity index (χ4v) is 6.85. The molecule has 0 aromatic carbocycles. The highest BCUT2D eigenvalue weighted by Crippen LogP contribution is 2.13. The smallest absolute Gasteiger partial charge is 0.306 e. The van der Waals surface area contributed by atoms with Gasteiger partial charge in [0.05, 0.1) is 0 Å². The molecule has 6 heteroatoms. The van der Waals surface area contributed by atoms with E-state index in [1.165, 1.54) is 89.9 Å². The lowest BCUT2D eigenvalue weighted by Crippen LogP contribution is -2.30. The zero-order valence-corrected chi connectivity index (χ0v) is 41.5. The van der Waals surface area contributed by atoms with Gasteiger partial charge < -0.3 is 14.2 Å². The highest BCUT2D eigenvalue weighted by atomic mass is 16.6. The number of unbranched alkanes of at least 4 members (excludes halogenated alkanes) is 19. The predicted octanol–water partition coefficient (Wildman–Crippen LogP) is 17.4. The van der Waals surface area contributed by atoms with E-state index in [9.17, 15) is 14.4 Å². The number of hydrogen-bond acceptors (Lipinski definition) is 6. The van der Waals surface area contributed by atoms with E-state index in [1.807, 2.05) is 0 Å². The Hall–Kier alpha value is -3.67. The van der Waals surface area contributed by atoms with Crippen LogP contribution in [0, 0.1) is 0 Å². The average Bonchev–Trinajstić information content (AvgIpc) is 3.29. The molecule has 64 heavy (non-hydrogen) atoms. The van der Waals surface area contributed by atoms with Gasteiger partial charge in [-0.1, -0.05) is 195 Å². The summed E-state index contributed by atoms with van der Waals surface area (Å²) in [5, 5.41) is 0. The zero-order chi connectivity index (χ0) is 46.5. The summed E-state index contributed by atoms with van der Waals surface area (Å²) in [4.78, 5) is 38.0. The number of ether oxygens (including phenoxy) is 3. The second kappa shape index (κ2) is 52.0.